The number of carbonyl (C=O) groups is 1. The molecule has 0 aromatic rings. The van der Waals surface area contributed by atoms with E-state index in [-0.39, 0.29) is 11.5 Å². The van der Waals surface area contributed by atoms with Crippen LogP contribution in [0.3, 0.4) is 0 Å². The number of hydrogen-bond donors (Lipinski definition) is 1. The maximum Gasteiger partial charge on any atom is 0.409 e. The summed E-state index contributed by atoms with van der Waals surface area (Å²) < 4.78 is 4.82. The van der Waals surface area contributed by atoms with Crippen LogP contribution in [0.15, 0.2) is 0 Å². The minimum absolute atomic E-state index is 0.0759. The third-order valence-electron chi connectivity index (χ3n) is 1.89. The Morgan fingerprint density at radius 1 is 1.67 bits per heavy atom. The quantitative estimate of drug-likeness (QED) is 0.680. The van der Waals surface area contributed by atoms with Crippen molar-refractivity contribution in [2.45, 2.75) is 13.8 Å². The van der Waals surface area contributed by atoms with Crippen LogP contribution in [-0.4, -0.2) is 36.4 Å². The van der Waals surface area contributed by atoms with Crippen LogP contribution in [0.4, 0.5) is 4.79 Å². The maximum atomic E-state index is 11.0. The molecule has 1 saturated heterocycles. The van der Waals surface area contributed by atoms with Gasteiger partial charge in [-0.3, -0.25) is 0 Å². The highest BCUT2D eigenvalue weighted by atomic mass is 32.1. The predicted molar refractivity (Wildman–Crippen MR) is 50.6 cm³/mol. The zero-order valence-corrected chi connectivity index (χ0v) is 8.43. The second-order valence-corrected chi connectivity index (χ2v) is 4.17. The van der Waals surface area contributed by atoms with Gasteiger partial charge in [-0.1, -0.05) is 13.8 Å². The molecular formula is C8H15NO2S. The largest absolute Gasteiger partial charge is 0.448 e. The van der Waals surface area contributed by atoms with Crippen LogP contribution in [0.1, 0.15) is 13.8 Å². The molecule has 0 aromatic heterocycles. The van der Waals surface area contributed by atoms with Crippen LogP contribution >= 0.6 is 12.6 Å². The van der Waals surface area contributed by atoms with Crippen LogP contribution in [-0.2, 0) is 4.74 Å². The average molecular weight is 189 g/mol. The smallest absolute Gasteiger partial charge is 0.409 e. The summed E-state index contributed by atoms with van der Waals surface area (Å²) in [5, 5.41) is 0. The summed E-state index contributed by atoms with van der Waals surface area (Å²) in [5.74, 6) is 0.775. The van der Waals surface area contributed by atoms with Crippen molar-refractivity contribution in [2.75, 3.05) is 25.4 Å². The third-order valence-corrected chi connectivity index (χ3v) is 2.75. The molecule has 0 atom stereocenters. The van der Waals surface area contributed by atoms with Gasteiger partial charge in [-0.15, -0.1) is 0 Å². The highest BCUT2D eigenvalue weighted by molar-refractivity contribution is 7.80. The van der Waals surface area contributed by atoms with Gasteiger partial charge in [0.25, 0.3) is 0 Å². The second kappa shape index (κ2) is 3.56. The zero-order chi connectivity index (χ0) is 9.19. The Morgan fingerprint density at radius 2 is 2.33 bits per heavy atom. The summed E-state index contributed by atoms with van der Waals surface area (Å²) in [4.78, 5) is 12.8. The summed E-state index contributed by atoms with van der Waals surface area (Å²) in [5.41, 5.74) is 0.0759. The van der Waals surface area contributed by atoms with Crippen molar-refractivity contribution in [1.29, 1.82) is 0 Å². The Bertz CT molecular complexity index is 182. The molecule has 4 heteroatoms. The molecule has 0 bridgehead atoms. The highest BCUT2D eigenvalue weighted by Crippen LogP contribution is 2.20. The fraction of sp³-hybridized carbons (Fsp3) is 0.875. The van der Waals surface area contributed by atoms with E-state index in [1.807, 2.05) is 0 Å². The molecule has 1 heterocycles. The molecule has 0 unspecified atom stereocenters. The number of carbonyl (C=O) groups excluding carboxylic acids is 1. The van der Waals surface area contributed by atoms with Crippen molar-refractivity contribution in [3.05, 3.63) is 0 Å². The predicted octanol–water partition coefficient (Wildman–Crippen LogP) is 1.39. The summed E-state index contributed by atoms with van der Waals surface area (Å²) in [6, 6.07) is 0. The van der Waals surface area contributed by atoms with Crippen LogP contribution < -0.4 is 0 Å². The molecule has 0 aromatic carbocycles. The molecule has 12 heavy (non-hydrogen) atoms. The van der Waals surface area contributed by atoms with Crippen molar-refractivity contribution >= 4 is 18.7 Å². The summed E-state index contributed by atoms with van der Waals surface area (Å²) in [6.45, 7) is 6.16. The van der Waals surface area contributed by atoms with Crippen LogP contribution in [0.5, 0.6) is 0 Å². The van der Waals surface area contributed by atoms with E-state index < -0.39 is 0 Å². The van der Waals surface area contributed by atoms with Crippen molar-refractivity contribution in [2.24, 2.45) is 5.41 Å². The first-order valence-corrected chi connectivity index (χ1v) is 4.71. The van der Waals surface area contributed by atoms with E-state index in [4.69, 9.17) is 4.74 Å². The molecular weight excluding hydrogens is 174 g/mol. The third kappa shape index (κ3) is 2.30. The SMILES string of the molecule is CC(C)(CS)CN1CCOC1=O. The molecule has 1 fully saturated rings. The van der Waals surface area contributed by atoms with E-state index in [2.05, 4.69) is 26.5 Å². The first kappa shape index (κ1) is 9.71. The first-order valence-electron chi connectivity index (χ1n) is 4.08. The fourth-order valence-electron chi connectivity index (χ4n) is 1.14. The molecule has 3 nitrogen and oxygen atoms in total. The topological polar surface area (TPSA) is 29.5 Å². The minimum atomic E-state index is -0.190. The number of amides is 1. The van der Waals surface area contributed by atoms with Crippen molar-refractivity contribution in [1.82, 2.24) is 4.90 Å². The van der Waals surface area contributed by atoms with Gasteiger partial charge in [0.2, 0.25) is 0 Å². The normalized spacial score (nSPS) is 18.2. The number of thiol groups is 1. The second-order valence-electron chi connectivity index (χ2n) is 3.86. The van der Waals surface area contributed by atoms with Gasteiger partial charge in [0, 0.05) is 6.54 Å². The van der Waals surface area contributed by atoms with E-state index in [1.165, 1.54) is 0 Å². The van der Waals surface area contributed by atoms with E-state index >= 15 is 0 Å². The summed E-state index contributed by atoms with van der Waals surface area (Å²) in [6.07, 6.45) is -0.190. The Hall–Kier alpha value is -0.380. The monoisotopic (exact) mass is 189 g/mol. The van der Waals surface area contributed by atoms with Crippen molar-refractivity contribution in [3.63, 3.8) is 0 Å². The maximum absolute atomic E-state index is 11.0. The van der Waals surface area contributed by atoms with Crippen LogP contribution in [0, 0.1) is 5.41 Å². The molecule has 0 aliphatic carbocycles. The summed E-state index contributed by atoms with van der Waals surface area (Å²) >= 11 is 4.22. The molecule has 1 amide bonds. The van der Waals surface area contributed by atoms with E-state index in [1.54, 1.807) is 4.90 Å². The van der Waals surface area contributed by atoms with Crippen LogP contribution in [0.25, 0.3) is 0 Å². The Kier molecular flexibility index (Phi) is 2.88. The lowest BCUT2D eigenvalue weighted by Gasteiger charge is -2.26. The average Bonchev–Trinajstić information content (AvgIpc) is 2.36. The molecule has 1 aliphatic rings. The molecule has 0 radical (unpaired) electrons. The van der Waals surface area contributed by atoms with E-state index in [0.29, 0.717) is 6.61 Å². The molecule has 70 valence electrons. The Labute approximate surface area is 78.5 Å². The van der Waals surface area contributed by atoms with Gasteiger partial charge in [0.15, 0.2) is 0 Å². The number of rotatable bonds is 3. The standard InChI is InChI=1S/C8H15NO2S/c1-8(2,6-12)5-9-3-4-11-7(9)10/h12H,3-6H2,1-2H3. The summed E-state index contributed by atoms with van der Waals surface area (Å²) in [7, 11) is 0. The highest BCUT2D eigenvalue weighted by Gasteiger charge is 2.28. The van der Waals surface area contributed by atoms with Crippen molar-refractivity contribution in [3.8, 4) is 0 Å². The first-order chi connectivity index (χ1) is 5.55. The fourth-order valence-corrected chi connectivity index (χ4v) is 1.24. The van der Waals surface area contributed by atoms with E-state index in [9.17, 15) is 4.79 Å². The van der Waals surface area contributed by atoms with Gasteiger partial charge in [-0.05, 0) is 11.2 Å². The number of nitrogens with zero attached hydrogens (tertiary/aromatic N) is 1. The van der Waals surface area contributed by atoms with Gasteiger partial charge in [0.1, 0.15) is 6.61 Å². The lowest BCUT2D eigenvalue weighted by Crippen LogP contribution is -2.35. The molecule has 1 rings (SSSR count). The Balaban J connectivity index is 2.45. The lowest BCUT2D eigenvalue weighted by molar-refractivity contribution is 0.149. The number of hydrogen-bond acceptors (Lipinski definition) is 3. The number of cyclic esters (lactones) is 1. The van der Waals surface area contributed by atoms with Gasteiger partial charge >= 0.3 is 6.09 Å². The van der Waals surface area contributed by atoms with Crippen LogP contribution in [0.2, 0.25) is 0 Å². The zero-order valence-electron chi connectivity index (χ0n) is 7.54. The molecule has 0 spiro atoms. The molecule has 0 saturated carbocycles. The lowest BCUT2D eigenvalue weighted by atomic mass is 9.96. The van der Waals surface area contributed by atoms with Gasteiger partial charge in [-0.25, -0.2) is 4.79 Å². The van der Waals surface area contributed by atoms with Gasteiger partial charge in [-0.2, -0.15) is 12.6 Å². The minimum Gasteiger partial charge on any atom is -0.448 e. The number of ether oxygens (including phenoxy) is 1. The van der Waals surface area contributed by atoms with E-state index in [0.717, 1.165) is 18.8 Å². The molecule has 1 aliphatic heterocycles. The van der Waals surface area contributed by atoms with Crippen molar-refractivity contribution < 1.29 is 9.53 Å². The molecule has 0 N–H and O–H groups in total. The Morgan fingerprint density at radius 3 is 2.75 bits per heavy atom. The van der Waals surface area contributed by atoms with Gasteiger partial charge in [0.05, 0.1) is 6.54 Å². The van der Waals surface area contributed by atoms with Gasteiger partial charge < -0.3 is 9.64 Å².